The lowest BCUT2D eigenvalue weighted by molar-refractivity contribution is -0.122. The van der Waals surface area contributed by atoms with Gasteiger partial charge in [0, 0.05) is 5.54 Å². The third kappa shape index (κ3) is 6.01. The number of anilines is 1. The fourth-order valence-corrected chi connectivity index (χ4v) is 2.55. The summed E-state index contributed by atoms with van der Waals surface area (Å²) in [5.41, 5.74) is 0.480. The Bertz CT molecular complexity index is 810. The molecule has 6 nitrogen and oxygen atoms in total. The van der Waals surface area contributed by atoms with Gasteiger partial charge >= 0.3 is 0 Å². The van der Waals surface area contributed by atoms with Crippen molar-refractivity contribution >= 4 is 17.5 Å². The number of carbonyl (C=O) groups excluding carboxylic acids is 2. The molecule has 6 heteroatoms. The minimum absolute atomic E-state index is 0.243. The number of nitrogens with one attached hydrogen (secondary N) is 2. The average molecular weight is 384 g/mol. The molecule has 1 unspecified atom stereocenters. The van der Waals surface area contributed by atoms with Gasteiger partial charge in [0.25, 0.3) is 11.8 Å². The van der Waals surface area contributed by atoms with Gasteiger partial charge in [0.1, 0.15) is 11.5 Å². The molecule has 0 spiro atoms. The van der Waals surface area contributed by atoms with Gasteiger partial charge in [-0.05, 0) is 63.6 Å². The van der Waals surface area contributed by atoms with Crippen LogP contribution in [0.2, 0.25) is 0 Å². The predicted molar refractivity (Wildman–Crippen MR) is 110 cm³/mol. The molecule has 1 atom stereocenters. The summed E-state index contributed by atoms with van der Waals surface area (Å²) < 4.78 is 10.9. The number of benzene rings is 2. The number of ether oxygens (including phenoxy) is 2. The molecule has 0 aliphatic rings. The molecule has 0 aromatic heterocycles. The first-order chi connectivity index (χ1) is 13.2. The highest BCUT2D eigenvalue weighted by Gasteiger charge is 2.22. The molecule has 0 saturated carbocycles. The molecule has 28 heavy (non-hydrogen) atoms. The molecule has 150 valence electrons. The molecular formula is C22H28N2O4. The summed E-state index contributed by atoms with van der Waals surface area (Å²) in [5.74, 6) is 0.729. The number of para-hydroxylation sites is 1. The van der Waals surface area contributed by atoms with E-state index in [0.29, 0.717) is 29.2 Å². The maximum absolute atomic E-state index is 12.7. The lowest BCUT2D eigenvalue weighted by Gasteiger charge is -2.22. The molecule has 2 aromatic rings. The summed E-state index contributed by atoms with van der Waals surface area (Å²) in [5, 5.41) is 5.73. The van der Waals surface area contributed by atoms with Gasteiger partial charge in [0.2, 0.25) is 0 Å². The van der Waals surface area contributed by atoms with Crippen molar-refractivity contribution in [2.45, 2.75) is 45.8 Å². The summed E-state index contributed by atoms with van der Waals surface area (Å²) in [7, 11) is 1.59. The van der Waals surface area contributed by atoms with E-state index in [-0.39, 0.29) is 17.4 Å². The number of methoxy groups -OCH3 is 1. The number of hydrogen-bond donors (Lipinski definition) is 2. The van der Waals surface area contributed by atoms with E-state index in [1.54, 1.807) is 55.6 Å². The Balaban J connectivity index is 2.12. The largest absolute Gasteiger partial charge is 0.497 e. The lowest BCUT2D eigenvalue weighted by atomic mass is 10.1. The van der Waals surface area contributed by atoms with E-state index in [0.717, 1.165) is 0 Å². The van der Waals surface area contributed by atoms with E-state index in [1.807, 2.05) is 27.7 Å². The Kier molecular flexibility index (Phi) is 7.04. The molecule has 2 rings (SSSR count). The van der Waals surface area contributed by atoms with Crippen LogP contribution in [-0.2, 0) is 4.79 Å². The van der Waals surface area contributed by atoms with E-state index < -0.39 is 6.10 Å². The maximum Gasteiger partial charge on any atom is 0.265 e. The SMILES string of the molecule is CCC(Oc1ccc(OC)cc1)C(=O)Nc1ccccc1C(=O)NC(C)(C)C. The highest BCUT2D eigenvalue weighted by Crippen LogP contribution is 2.21. The van der Waals surface area contributed by atoms with Crippen LogP contribution in [0.1, 0.15) is 44.5 Å². The Labute approximate surface area is 166 Å². The van der Waals surface area contributed by atoms with Gasteiger partial charge in [-0.2, -0.15) is 0 Å². The van der Waals surface area contributed by atoms with Crippen molar-refractivity contribution in [1.82, 2.24) is 5.32 Å². The van der Waals surface area contributed by atoms with Gasteiger partial charge in [-0.25, -0.2) is 0 Å². The second-order valence-corrected chi connectivity index (χ2v) is 7.43. The van der Waals surface area contributed by atoms with Crippen molar-refractivity contribution in [3.05, 3.63) is 54.1 Å². The Morgan fingerprint density at radius 3 is 2.18 bits per heavy atom. The molecule has 0 heterocycles. The zero-order valence-corrected chi connectivity index (χ0v) is 17.0. The third-order valence-electron chi connectivity index (χ3n) is 3.92. The zero-order chi connectivity index (χ0) is 20.7. The monoisotopic (exact) mass is 384 g/mol. The fourth-order valence-electron chi connectivity index (χ4n) is 2.55. The third-order valence-corrected chi connectivity index (χ3v) is 3.92. The fraction of sp³-hybridized carbons (Fsp3) is 0.364. The Morgan fingerprint density at radius 1 is 1.00 bits per heavy atom. The summed E-state index contributed by atoms with van der Waals surface area (Å²) in [4.78, 5) is 25.3. The van der Waals surface area contributed by atoms with Gasteiger partial charge in [0.05, 0.1) is 18.4 Å². The summed E-state index contributed by atoms with van der Waals surface area (Å²) in [6.45, 7) is 7.58. The number of carbonyl (C=O) groups is 2. The quantitative estimate of drug-likeness (QED) is 0.756. The molecule has 2 N–H and O–H groups in total. The minimum Gasteiger partial charge on any atom is -0.497 e. The van der Waals surface area contributed by atoms with E-state index in [1.165, 1.54) is 0 Å². The first-order valence-corrected chi connectivity index (χ1v) is 9.26. The van der Waals surface area contributed by atoms with Crippen LogP contribution in [0.4, 0.5) is 5.69 Å². The van der Waals surface area contributed by atoms with Crippen molar-refractivity contribution in [2.24, 2.45) is 0 Å². The topological polar surface area (TPSA) is 76.7 Å². The van der Waals surface area contributed by atoms with Crippen LogP contribution >= 0.6 is 0 Å². The Hall–Kier alpha value is -3.02. The second-order valence-electron chi connectivity index (χ2n) is 7.43. The van der Waals surface area contributed by atoms with Crippen LogP contribution in [0.5, 0.6) is 11.5 Å². The van der Waals surface area contributed by atoms with E-state index in [9.17, 15) is 9.59 Å². The molecule has 0 fully saturated rings. The molecular weight excluding hydrogens is 356 g/mol. The molecule has 2 amide bonds. The van der Waals surface area contributed by atoms with Crippen LogP contribution in [0.15, 0.2) is 48.5 Å². The van der Waals surface area contributed by atoms with Gasteiger partial charge in [-0.1, -0.05) is 19.1 Å². The van der Waals surface area contributed by atoms with Gasteiger partial charge in [-0.15, -0.1) is 0 Å². The zero-order valence-electron chi connectivity index (χ0n) is 17.0. The van der Waals surface area contributed by atoms with E-state index in [4.69, 9.17) is 9.47 Å². The first-order valence-electron chi connectivity index (χ1n) is 9.26. The number of amides is 2. The van der Waals surface area contributed by atoms with Crippen LogP contribution in [0.3, 0.4) is 0 Å². The summed E-state index contributed by atoms with van der Waals surface area (Å²) in [6, 6.07) is 14.0. The highest BCUT2D eigenvalue weighted by atomic mass is 16.5. The summed E-state index contributed by atoms with van der Waals surface area (Å²) >= 11 is 0. The number of rotatable bonds is 7. The van der Waals surface area contributed by atoms with Crippen LogP contribution in [-0.4, -0.2) is 30.6 Å². The normalized spacial score (nSPS) is 12.0. The van der Waals surface area contributed by atoms with Crippen LogP contribution in [0, 0.1) is 0 Å². The average Bonchev–Trinajstić information content (AvgIpc) is 2.65. The standard InChI is InChI=1S/C22H28N2O4/c1-6-19(28-16-13-11-15(27-5)12-14-16)21(26)23-18-10-8-7-9-17(18)20(25)24-22(2,3)4/h7-14,19H,6H2,1-5H3,(H,23,26)(H,24,25). The molecule has 2 aromatic carbocycles. The van der Waals surface area contributed by atoms with E-state index in [2.05, 4.69) is 10.6 Å². The minimum atomic E-state index is -0.688. The smallest absolute Gasteiger partial charge is 0.265 e. The predicted octanol–water partition coefficient (Wildman–Crippen LogP) is 4.02. The van der Waals surface area contributed by atoms with Crippen molar-refractivity contribution in [1.29, 1.82) is 0 Å². The van der Waals surface area contributed by atoms with Crippen molar-refractivity contribution in [3.63, 3.8) is 0 Å². The molecule has 0 aliphatic heterocycles. The number of hydrogen-bond acceptors (Lipinski definition) is 4. The lowest BCUT2D eigenvalue weighted by Crippen LogP contribution is -2.41. The molecule has 0 radical (unpaired) electrons. The van der Waals surface area contributed by atoms with E-state index >= 15 is 0 Å². The van der Waals surface area contributed by atoms with Gasteiger partial charge in [0.15, 0.2) is 6.10 Å². The second kappa shape index (κ2) is 9.26. The molecule has 0 aliphatic carbocycles. The molecule has 0 saturated heterocycles. The first kappa shape index (κ1) is 21.3. The highest BCUT2D eigenvalue weighted by molar-refractivity contribution is 6.04. The maximum atomic E-state index is 12.7. The van der Waals surface area contributed by atoms with Gasteiger partial charge < -0.3 is 20.1 Å². The van der Waals surface area contributed by atoms with Crippen molar-refractivity contribution < 1.29 is 19.1 Å². The van der Waals surface area contributed by atoms with Crippen LogP contribution < -0.4 is 20.1 Å². The molecule has 0 bridgehead atoms. The van der Waals surface area contributed by atoms with Gasteiger partial charge in [-0.3, -0.25) is 9.59 Å². The summed E-state index contributed by atoms with van der Waals surface area (Å²) in [6.07, 6.45) is -0.207. The van der Waals surface area contributed by atoms with Crippen LogP contribution in [0.25, 0.3) is 0 Å². The van der Waals surface area contributed by atoms with Crippen molar-refractivity contribution in [3.8, 4) is 11.5 Å². The van der Waals surface area contributed by atoms with Crippen molar-refractivity contribution in [2.75, 3.05) is 12.4 Å². The Morgan fingerprint density at radius 2 is 1.61 bits per heavy atom.